The third-order valence-corrected chi connectivity index (χ3v) is 8.81. The highest BCUT2D eigenvalue weighted by Gasteiger charge is 2.31. The molecule has 0 aliphatic heterocycles. The second-order valence-electron chi connectivity index (χ2n) is 10.6. The Kier molecular flexibility index (Phi) is 10.4. The van der Waals surface area contributed by atoms with E-state index in [1.165, 1.54) is 6.33 Å². The Morgan fingerprint density at radius 2 is 1.35 bits per heavy atom. The summed E-state index contributed by atoms with van der Waals surface area (Å²) in [5.41, 5.74) is 1.85. The van der Waals surface area contributed by atoms with Gasteiger partial charge in [-0.1, -0.05) is 61.9 Å². The zero-order valence-electron chi connectivity index (χ0n) is 25.0. The number of halogens is 2. The Hall–Kier alpha value is -4.21. The van der Waals surface area contributed by atoms with Crippen LogP contribution in [0.15, 0.2) is 93.5 Å². The second-order valence-corrected chi connectivity index (χ2v) is 14.1. The lowest BCUT2D eigenvalue weighted by Crippen LogP contribution is -2.30. The molecule has 1 N–H and O–H groups in total. The summed E-state index contributed by atoms with van der Waals surface area (Å²) in [5, 5.41) is 0. The summed E-state index contributed by atoms with van der Waals surface area (Å²) in [4.78, 5) is 25.2. The Balaban J connectivity index is 1.41. The van der Waals surface area contributed by atoms with Gasteiger partial charge in [0.1, 0.15) is 26.1 Å². The lowest BCUT2D eigenvalue weighted by Gasteiger charge is -2.27. The molecule has 12 nitrogen and oxygen atoms in total. The maximum atomic E-state index is 14.1. The minimum absolute atomic E-state index is 0.0538. The van der Waals surface area contributed by atoms with Crippen LogP contribution in [0.5, 0.6) is 17.9 Å². The van der Waals surface area contributed by atoms with Crippen LogP contribution >= 0.6 is 31.9 Å². The minimum Gasteiger partial charge on any atom is -0.473 e. The van der Waals surface area contributed by atoms with E-state index in [4.69, 9.17) is 14.2 Å². The Morgan fingerprint density at radius 3 is 2.00 bits per heavy atom. The van der Waals surface area contributed by atoms with Gasteiger partial charge in [-0.05, 0) is 56.0 Å². The van der Waals surface area contributed by atoms with E-state index < -0.39 is 15.4 Å². The number of ether oxygens (including phenoxy) is 3. The van der Waals surface area contributed by atoms with Crippen LogP contribution < -0.4 is 18.9 Å². The maximum Gasteiger partial charge on any atom is 0.316 e. The molecule has 5 rings (SSSR count). The number of anilines is 1. The molecule has 0 amide bonds. The van der Waals surface area contributed by atoms with Gasteiger partial charge in [0.05, 0.1) is 19.4 Å². The molecule has 0 spiro atoms. The van der Waals surface area contributed by atoms with Crippen molar-refractivity contribution in [1.82, 2.24) is 29.9 Å². The minimum atomic E-state index is -4.17. The summed E-state index contributed by atoms with van der Waals surface area (Å²) in [5.74, 6) is 0.228. The van der Waals surface area contributed by atoms with Crippen molar-refractivity contribution in [2.45, 2.75) is 31.1 Å². The summed E-state index contributed by atoms with van der Waals surface area (Å²) >= 11 is 6.59. The first-order valence-electron chi connectivity index (χ1n) is 13.9. The summed E-state index contributed by atoms with van der Waals surface area (Å²) in [7, 11) is -4.17. The molecular weight excluding hydrogens is 742 g/mol. The van der Waals surface area contributed by atoms with E-state index in [2.05, 4.69) is 66.5 Å². The van der Waals surface area contributed by atoms with Crippen molar-refractivity contribution in [3.05, 3.63) is 99.7 Å². The number of hydrogen-bond donors (Lipinski definition) is 1. The quantitative estimate of drug-likeness (QED) is 0.137. The van der Waals surface area contributed by atoms with Crippen LogP contribution in [-0.4, -0.2) is 58.1 Å². The van der Waals surface area contributed by atoms with Crippen molar-refractivity contribution < 1.29 is 22.6 Å². The largest absolute Gasteiger partial charge is 0.473 e. The number of hydrogen-bond acceptors (Lipinski definition) is 11. The Morgan fingerprint density at radius 1 is 0.761 bits per heavy atom. The fourth-order valence-corrected chi connectivity index (χ4v) is 6.14. The van der Waals surface area contributed by atoms with E-state index in [1.807, 2.05) is 45.0 Å². The van der Waals surface area contributed by atoms with Crippen LogP contribution in [0.3, 0.4) is 0 Å². The summed E-state index contributed by atoms with van der Waals surface area (Å²) in [6, 6.07) is 14.6. The van der Waals surface area contributed by atoms with Crippen molar-refractivity contribution >= 4 is 47.7 Å². The van der Waals surface area contributed by atoms with Gasteiger partial charge in [-0.3, -0.25) is 4.72 Å². The van der Waals surface area contributed by atoms with Crippen molar-refractivity contribution in [2.75, 3.05) is 24.5 Å². The molecule has 0 radical (unpaired) electrons. The van der Waals surface area contributed by atoms with Crippen LogP contribution in [0.2, 0.25) is 0 Å². The lowest BCUT2D eigenvalue weighted by atomic mass is 9.85. The van der Waals surface area contributed by atoms with Gasteiger partial charge < -0.3 is 14.2 Å². The molecule has 0 saturated heterocycles. The fourth-order valence-electron chi connectivity index (χ4n) is 4.32. The van der Waals surface area contributed by atoms with E-state index in [1.54, 1.807) is 49.1 Å². The zero-order valence-corrected chi connectivity index (χ0v) is 29.0. The van der Waals surface area contributed by atoms with E-state index in [0.29, 0.717) is 21.2 Å². The van der Waals surface area contributed by atoms with Gasteiger partial charge in [0.2, 0.25) is 5.88 Å². The van der Waals surface area contributed by atoms with Crippen LogP contribution in [0.1, 0.15) is 25.0 Å². The second kappa shape index (κ2) is 14.5. The monoisotopic (exact) mass is 769 g/mol. The average Bonchev–Trinajstić information content (AvgIpc) is 3.04. The SMILES string of the molecule is Cc1ccc(-c2c(NS(=O)(=O)c3ccccc3C(C)(C)COc3ncc(Br)cn3)ncnc2OCCOc2ncc(Br)cn2)cc1. The van der Waals surface area contributed by atoms with Crippen molar-refractivity contribution in [1.29, 1.82) is 0 Å². The molecule has 0 saturated carbocycles. The first kappa shape index (κ1) is 33.2. The maximum absolute atomic E-state index is 14.1. The molecule has 3 aromatic heterocycles. The number of aromatic nitrogens is 6. The van der Waals surface area contributed by atoms with Crippen LogP contribution in [0.4, 0.5) is 5.82 Å². The molecule has 0 unspecified atom stereocenters. The molecule has 15 heteroatoms. The molecular formula is C31H29Br2N7O5S. The van der Waals surface area contributed by atoms with Gasteiger partial charge in [-0.2, -0.15) is 0 Å². The first-order valence-corrected chi connectivity index (χ1v) is 17.0. The molecule has 2 aromatic carbocycles. The number of aryl methyl sites for hydroxylation is 1. The summed E-state index contributed by atoms with van der Waals surface area (Å²) in [6.45, 7) is 6.05. The van der Waals surface area contributed by atoms with Crippen LogP contribution in [0.25, 0.3) is 11.1 Å². The highest BCUT2D eigenvalue weighted by molar-refractivity contribution is 9.10. The molecule has 0 aliphatic carbocycles. The number of nitrogens with zero attached hydrogens (tertiary/aromatic N) is 6. The van der Waals surface area contributed by atoms with Gasteiger partial charge in [0, 0.05) is 30.2 Å². The number of rotatable bonds is 13. The molecule has 46 heavy (non-hydrogen) atoms. The number of nitrogens with one attached hydrogen (secondary N) is 1. The highest BCUT2D eigenvalue weighted by atomic mass is 79.9. The molecule has 0 fully saturated rings. The Bertz CT molecular complexity index is 1900. The van der Waals surface area contributed by atoms with Crippen molar-refractivity contribution in [2.24, 2.45) is 0 Å². The third kappa shape index (κ3) is 8.33. The van der Waals surface area contributed by atoms with E-state index in [-0.39, 0.29) is 48.4 Å². The van der Waals surface area contributed by atoms with Gasteiger partial charge >= 0.3 is 12.0 Å². The average molecular weight is 771 g/mol. The predicted molar refractivity (Wildman–Crippen MR) is 178 cm³/mol. The molecule has 3 heterocycles. The van der Waals surface area contributed by atoms with Gasteiger partial charge in [0.25, 0.3) is 10.0 Å². The molecule has 5 aromatic rings. The molecule has 0 aliphatic rings. The van der Waals surface area contributed by atoms with Gasteiger partial charge in [-0.25, -0.2) is 38.3 Å². The normalized spacial score (nSPS) is 11.6. The van der Waals surface area contributed by atoms with Crippen LogP contribution in [-0.2, 0) is 15.4 Å². The molecule has 238 valence electrons. The topological polar surface area (TPSA) is 151 Å². The van der Waals surface area contributed by atoms with Gasteiger partial charge in [-0.15, -0.1) is 0 Å². The molecule has 0 bridgehead atoms. The standard InChI is InChI=1S/C31H29Br2N7O5S/c1-20-8-10-21(11-9-20)26-27(38-19-39-28(26)43-12-13-44-29-34-14-22(32)15-35-29)40-46(41,42)25-7-5-4-6-24(25)31(2,3)18-45-30-36-16-23(33)17-37-30/h4-11,14-17,19H,12-13,18H2,1-3H3,(H,38,39,40). The number of benzene rings is 2. The van der Waals surface area contributed by atoms with E-state index >= 15 is 0 Å². The Labute approximate surface area is 283 Å². The lowest BCUT2D eigenvalue weighted by molar-refractivity contribution is 0.202. The number of sulfonamides is 1. The van der Waals surface area contributed by atoms with Crippen molar-refractivity contribution in [3.63, 3.8) is 0 Å². The fraction of sp³-hybridized carbons (Fsp3) is 0.226. The predicted octanol–water partition coefficient (Wildman–Crippen LogP) is 6.17. The third-order valence-electron chi connectivity index (χ3n) is 6.60. The first-order chi connectivity index (χ1) is 22.0. The zero-order chi connectivity index (χ0) is 32.7. The van der Waals surface area contributed by atoms with E-state index in [9.17, 15) is 8.42 Å². The highest BCUT2D eigenvalue weighted by Crippen LogP contribution is 2.37. The summed E-state index contributed by atoms with van der Waals surface area (Å²) in [6.07, 6.45) is 7.54. The smallest absolute Gasteiger partial charge is 0.316 e. The molecule has 0 atom stereocenters. The summed E-state index contributed by atoms with van der Waals surface area (Å²) < 4.78 is 49.6. The van der Waals surface area contributed by atoms with Crippen molar-refractivity contribution in [3.8, 4) is 29.0 Å². The van der Waals surface area contributed by atoms with E-state index in [0.717, 1.165) is 10.0 Å². The van der Waals surface area contributed by atoms with Gasteiger partial charge in [0.15, 0.2) is 5.82 Å². The van der Waals surface area contributed by atoms with Crippen LogP contribution in [0, 0.1) is 6.92 Å².